The molecule has 0 bridgehead atoms. The Morgan fingerprint density at radius 3 is 2.71 bits per heavy atom. The lowest BCUT2D eigenvalue weighted by Gasteiger charge is -2.27. The normalized spacial score (nSPS) is 13.5. The molecular formula is C13H20N4O3S. The van der Waals surface area contributed by atoms with Gasteiger partial charge in [0.1, 0.15) is 12.8 Å². The minimum Gasteiger partial charge on any atom is -0.398 e. The highest BCUT2D eigenvalue weighted by molar-refractivity contribution is 7.14. The van der Waals surface area contributed by atoms with Crippen molar-refractivity contribution in [2.75, 3.05) is 12.4 Å². The van der Waals surface area contributed by atoms with E-state index in [2.05, 4.69) is 20.8 Å². The van der Waals surface area contributed by atoms with E-state index >= 15 is 0 Å². The zero-order chi connectivity index (χ0) is 16.0. The lowest BCUT2D eigenvalue weighted by Crippen LogP contribution is -2.44. The lowest BCUT2D eigenvalue weighted by molar-refractivity contribution is -0.116. The monoisotopic (exact) mass is 312 g/mol. The molecule has 1 aromatic heterocycles. The maximum absolute atomic E-state index is 12.3. The van der Waals surface area contributed by atoms with Crippen LogP contribution in [0.25, 0.3) is 0 Å². The summed E-state index contributed by atoms with van der Waals surface area (Å²) in [6.07, 6.45) is 0.525. The number of anilines is 1. The Bertz CT molecular complexity index is 534. The van der Waals surface area contributed by atoms with E-state index in [9.17, 15) is 9.59 Å². The van der Waals surface area contributed by atoms with Gasteiger partial charge in [0.2, 0.25) is 6.41 Å². The zero-order valence-corrected chi connectivity index (χ0v) is 13.6. The van der Waals surface area contributed by atoms with Crippen LogP contribution in [0.15, 0.2) is 10.5 Å². The summed E-state index contributed by atoms with van der Waals surface area (Å²) in [6.45, 7) is 8.00. The molecule has 0 aliphatic heterocycles. The average molecular weight is 312 g/mol. The van der Waals surface area contributed by atoms with Gasteiger partial charge in [0.15, 0.2) is 10.8 Å². The summed E-state index contributed by atoms with van der Waals surface area (Å²) in [6, 6.07) is -0.0572. The van der Waals surface area contributed by atoms with Crippen molar-refractivity contribution in [2.45, 2.75) is 33.7 Å². The van der Waals surface area contributed by atoms with Crippen molar-refractivity contribution in [3.8, 4) is 0 Å². The van der Waals surface area contributed by atoms with Gasteiger partial charge in [-0.15, -0.1) is 11.3 Å². The number of oxime groups is 1. The number of hydrogen-bond donors (Lipinski definition) is 2. The molecule has 0 aromatic carbocycles. The van der Waals surface area contributed by atoms with E-state index in [1.807, 2.05) is 27.7 Å². The summed E-state index contributed by atoms with van der Waals surface area (Å²) in [7, 11) is 1.36. The van der Waals surface area contributed by atoms with E-state index in [1.165, 1.54) is 18.4 Å². The van der Waals surface area contributed by atoms with Crippen molar-refractivity contribution >= 4 is 34.5 Å². The third-order valence-corrected chi connectivity index (χ3v) is 3.75. The SMILES string of the molecule is CO/N=C(/C(=O)N[C@H](C)C(C)(C)C)c1csc(NC=O)n1. The highest BCUT2D eigenvalue weighted by Crippen LogP contribution is 2.19. The summed E-state index contributed by atoms with van der Waals surface area (Å²) in [5.74, 6) is -0.373. The summed E-state index contributed by atoms with van der Waals surface area (Å²) in [5, 5.41) is 11.1. The Hall–Kier alpha value is -1.96. The third kappa shape index (κ3) is 4.82. The van der Waals surface area contributed by atoms with Crippen LogP contribution in [0.4, 0.5) is 5.13 Å². The van der Waals surface area contributed by atoms with Gasteiger partial charge in [0, 0.05) is 11.4 Å². The topological polar surface area (TPSA) is 92.7 Å². The van der Waals surface area contributed by atoms with Gasteiger partial charge in [-0.2, -0.15) is 0 Å². The van der Waals surface area contributed by atoms with E-state index in [0.717, 1.165) is 0 Å². The van der Waals surface area contributed by atoms with Gasteiger partial charge in [-0.25, -0.2) is 4.98 Å². The zero-order valence-electron chi connectivity index (χ0n) is 12.8. The van der Waals surface area contributed by atoms with Crippen molar-refractivity contribution < 1.29 is 14.4 Å². The molecule has 1 atom stereocenters. The number of rotatable bonds is 6. The van der Waals surface area contributed by atoms with Gasteiger partial charge in [-0.1, -0.05) is 25.9 Å². The second kappa shape index (κ2) is 7.16. The standard InChI is InChI=1S/C13H20N4O3S/c1-8(13(2,3)4)15-11(19)10(17-20-5)9-6-21-12(16-9)14-7-18/h6-8H,1-5H3,(H,15,19)(H,14,16,18)/b17-10+/t8-/m1/s1. The molecule has 1 heterocycles. The molecule has 7 nitrogen and oxygen atoms in total. The number of amides is 2. The van der Waals surface area contributed by atoms with E-state index in [1.54, 1.807) is 5.38 Å². The number of aromatic nitrogens is 1. The fraction of sp³-hybridized carbons (Fsp3) is 0.538. The molecular weight excluding hydrogens is 292 g/mol. The van der Waals surface area contributed by atoms with Gasteiger partial charge in [0.05, 0.1) is 0 Å². The molecule has 8 heteroatoms. The second-order valence-corrected chi connectivity index (χ2v) is 6.34. The van der Waals surface area contributed by atoms with Crippen LogP contribution in [0.2, 0.25) is 0 Å². The highest BCUT2D eigenvalue weighted by Gasteiger charge is 2.25. The minimum absolute atomic E-state index is 0.0572. The summed E-state index contributed by atoms with van der Waals surface area (Å²) < 4.78 is 0. The predicted octanol–water partition coefficient (Wildman–Crippen LogP) is 1.61. The number of carbonyl (C=O) groups excluding carboxylic acids is 2. The van der Waals surface area contributed by atoms with Crippen LogP contribution in [-0.4, -0.2) is 36.2 Å². The maximum Gasteiger partial charge on any atom is 0.275 e. The molecule has 2 amide bonds. The molecule has 1 rings (SSSR count). The van der Waals surface area contributed by atoms with Gasteiger partial charge < -0.3 is 15.5 Å². The predicted molar refractivity (Wildman–Crippen MR) is 82.4 cm³/mol. The number of thiazole rings is 1. The van der Waals surface area contributed by atoms with Crippen LogP contribution in [0.1, 0.15) is 33.4 Å². The Balaban J connectivity index is 2.93. The van der Waals surface area contributed by atoms with E-state index in [-0.39, 0.29) is 23.1 Å². The number of nitrogens with one attached hydrogen (secondary N) is 2. The first-order chi connectivity index (χ1) is 9.79. The van der Waals surface area contributed by atoms with Crippen LogP contribution in [0, 0.1) is 5.41 Å². The largest absolute Gasteiger partial charge is 0.398 e. The molecule has 2 N–H and O–H groups in total. The molecule has 21 heavy (non-hydrogen) atoms. The Labute approximate surface area is 127 Å². The molecule has 0 saturated carbocycles. The van der Waals surface area contributed by atoms with Crippen LogP contribution in [-0.2, 0) is 14.4 Å². The summed E-state index contributed by atoms with van der Waals surface area (Å²) in [5.41, 5.74) is 0.341. The van der Waals surface area contributed by atoms with Gasteiger partial charge in [-0.3, -0.25) is 9.59 Å². The molecule has 0 aliphatic carbocycles. The van der Waals surface area contributed by atoms with Gasteiger partial charge >= 0.3 is 0 Å². The molecule has 116 valence electrons. The Morgan fingerprint density at radius 2 is 2.19 bits per heavy atom. The summed E-state index contributed by atoms with van der Waals surface area (Å²) >= 11 is 1.20. The summed E-state index contributed by atoms with van der Waals surface area (Å²) in [4.78, 5) is 31.5. The molecule has 0 fully saturated rings. The fourth-order valence-corrected chi connectivity index (χ4v) is 1.93. The van der Waals surface area contributed by atoms with Crippen LogP contribution >= 0.6 is 11.3 Å². The van der Waals surface area contributed by atoms with Crippen molar-refractivity contribution in [2.24, 2.45) is 10.6 Å². The molecule has 0 aliphatic rings. The van der Waals surface area contributed by atoms with Crippen LogP contribution < -0.4 is 10.6 Å². The second-order valence-electron chi connectivity index (χ2n) is 5.48. The first kappa shape index (κ1) is 17.1. The Morgan fingerprint density at radius 1 is 1.52 bits per heavy atom. The first-order valence-electron chi connectivity index (χ1n) is 6.37. The minimum atomic E-state index is -0.373. The van der Waals surface area contributed by atoms with E-state index in [0.29, 0.717) is 17.2 Å². The van der Waals surface area contributed by atoms with Crippen molar-refractivity contribution in [3.63, 3.8) is 0 Å². The van der Waals surface area contributed by atoms with Crippen molar-refractivity contribution in [1.82, 2.24) is 10.3 Å². The quantitative estimate of drug-likeness (QED) is 0.474. The third-order valence-electron chi connectivity index (χ3n) is 2.97. The van der Waals surface area contributed by atoms with Crippen molar-refractivity contribution in [3.05, 3.63) is 11.1 Å². The van der Waals surface area contributed by atoms with Gasteiger partial charge in [-0.05, 0) is 12.3 Å². The molecule has 1 aromatic rings. The number of nitrogens with zero attached hydrogens (tertiary/aromatic N) is 2. The average Bonchev–Trinajstić information content (AvgIpc) is 2.83. The first-order valence-corrected chi connectivity index (χ1v) is 7.25. The smallest absolute Gasteiger partial charge is 0.275 e. The van der Waals surface area contributed by atoms with Gasteiger partial charge in [0.25, 0.3) is 5.91 Å². The van der Waals surface area contributed by atoms with Crippen LogP contribution in [0.3, 0.4) is 0 Å². The number of hydrogen-bond acceptors (Lipinski definition) is 6. The molecule has 0 spiro atoms. The number of carbonyl (C=O) groups is 2. The molecule has 0 unspecified atom stereocenters. The maximum atomic E-state index is 12.3. The van der Waals surface area contributed by atoms with E-state index < -0.39 is 0 Å². The lowest BCUT2D eigenvalue weighted by atomic mass is 9.88. The molecule has 0 radical (unpaired) electrons. The molecule has 0 saturated heterocycles. The van der Waals surface area contributed by atoms with Crippen LogP contribution in [0.5, 0.6) is 0 Å². The highest BCUT2D eigenvalue weighted by atomic mass is 32.1. The van der Waals surface area contributed by atoms with Crippen molar-refractivity contribution in [1.29, 1.82) is 0 Å². The fourth-order valence-electron chi connectivity index (χ4n) is 1.28. The van der Waals surface area contributed by atoms with E-state index in [4.69, 9.17) is 4.84 Å². The Kier molecular flexibility index (Phi) is 5.83.